The van der Waals surface area contributed by atoms with Gasteiger partial charge in [-0.3, -0.25) is 0 Å². The van der Waals surface area contributed by atoms with Gasteiger partial charge in [-0.2, -0.15) is 0 Å². The lowest BCUT2D eigenvalue weighted by Gasteiger charge is -2.47. The van der Waals surface area contributed by atoms with Crippen LogP contribution < -0.4 is 20.7 Å². The quantitative estimate of drug-likeness (QED) is 0.155. The fraction of sp³-hybridized carbons (Fsp3) is 0.375. The number of nitrogens with one attached hydrogen (secondary N) is 3. The van der Waals surface area contributed by atoms with Crippen LogP contribution in [0.3, 0.4) is 0 Å². The van der Waals surface area contributed by atoms with Gasteiger partial charge in [0.25, 0.3) is 0 Å². The summed E-state index contributed by atoms with van der Waals surface area (Å²) in [6, 6.07) is 29.7. The summed E-state index contributed by atoms with van der Waals surface area (Å²) in [5.41, 5.74) is 6.19. The van der Waals surface area contributed by atoms with Crippen LogP contribution in [0.2, 0.25) is 10.0 Å². The van der Waals surface area contributed by atoms with Gasteiger partial charge in [0.15, 0.2) is 0 Å². The second-order valence-electron chi connectivity index (χ2n) is 14.5. The Labute approximate surface area is 294 Å². The first kappa shape index (κ1) is 34.3. The normalized spacial score (nSPS) is 18.0. The van der Waals surface area contributed by atoms with Crippen LogP contribution >= 0.6 is 23.2 Å². The number of benzene rings is 4. The Morgan fingerprint density at radius 3 is 1.98 bits per heavy atom. The molecule has 0 spiro atoms. The lowest BCUT2D eigenvalue weighted by atomic mass is 9.79. The Morgan fingerprint density at radius 2 is 1.40 bits per heavy atom. The lowest BCUT2D eigenvalue weighted by Crippen LogP contribution is -2.63. The van der Waals surface area contributed by atoms with Gasteiger partial charge in [0, 0.05) is 45.2 Å². The van der Waals surface area contributed by atoms with Gasteiger partial charge in [-0.15, -0.1) is 0 Å². The summed E-state index contributed by atoms with van der Waals surface area (Å²) in [4.78, 5) is 13.7. The van der Waals surface area contributed by atoms with Gasteiger partial charge < -0.3 is 25.4 Å². The molecule has 48 heavy (non-hydrogen) atoms. The van der Waals surface area contributed by atoms with Gasteiger partial charge in [-0.1, -0.05) is 89.9 Å². The lowest BCUT2D eigenvalue weighted by molar-refractivity contribution is 0.0630. The van der Waals surface area contributed by atoms with Crippen molar-refractivity contribution < 1.29 is 14.3 Å². The molecule has 6 nitrogen and oxygen atoms in total. The summed E-state index contributed by atoms with van der Waals surface area (Å²) in [5, 5.41) is 12.0. The molecule has 1 heterocycles. The third-order valence-electron chi connectivity index (χ3n) is 9.41. The number of ether oxygens (including phenoxy) is 2. The summed E-state index contributed by atoms with van der Waals surface area (Å²) in [6.45, 7) is 11.4. The molecule has 6 rings (SSSR count). The average molecular weight is 687 g/mol. The highest BCUT2D eigenvalue weighted by atomic mass is 35.5. The maximum absolute atomic E-state index is 13.7. The first-order valence-electron chi connectivity index (χ1n) is 16.7. The maximum Gasteiger partial charge on any atom is 0.408 e. The molecule has 8 heteroatoms. The zero-order valence-corrected chi connectivity index (χ0v) is 29.8. The average Bonchev–Trinajstić information content (AvgIpc) is 3.33. The minimum atomic E-state index is -0.437. The summed E-state index contributed by atoms with van der Waals surface area (Å²) in [7, 11) is 0. The number of carbonyl (C=O) groups is 1. The van der Waals surface area contributed by atoms with E-state index in [1.165, 1.54) is 0 Å². The Kier molecular flexibility index (Phi) is 10.1. The van der Waals surface area contributed by atoms with E-state index in [0.717, 1.165) is 46.2 Å². The van der Waals surface area contributed by atoms with E-state index in [9.17, 15) is 4.79 Å². The number of piperidine rings is 1. The number of carbonyl (C=O) groups excluding carboxylic acids is 1. The zero-order valence-electron chi connectivity index (χ0n) is 28.3. The van der Waals surface area contributed by atoms with Crippen LogP contribution in [0.4, 0.5) is 4.79 Å². The SMILES string of the molecule is CC(NC1CC(C)(C)NC(C)(C)C1)C(Cc1ccc(OCc2c(Cl)cccc2Cl)cc1)OC(=O)NC1c2ccccc2-c2ccccc21. The fourth-order valence-electron chi connectivity index (χ4n) is 7.62. The van der Waals surface area contributed by atoms with Crippen molar-refractivity contribution in [3.63, 3.8) is 0 Å². The largest absolute Gasteiger partial charge is 0.489 e. The Balaban J connectivity index is 1.18. The molecule has 1 amide bonds. The summed E-state index contributed by atoms with van der Waals surface area (Å²) in [6.07, 6.45) is 1.61. The molecule has 1 aliphatic heterocycles. The monoisotopic (exact) mass is 685 g/mol. The van der Waals surface area contributed by atoms with Crippen LogP contribution in [-0.4, -0.2) is 35.4 Å². The van der Waals surface area contributed by atoms with Crippen molar-refractivity contribution >= 4 is 29.3 Å². The second kappa shape index (κ2) is 14.1. The van der Waals surface area contributed by atoms with Crippen molar-refractivity contribution in [2.45, 2.75) is 95.8 Å². The molecule has 1 fully saturated rings. The molecular formula is C40H45Cl2N3O3. The van der Waals surface area contributed by atoms with Crippen molar-refractivity contribution in [3.8, 4) is 16.9 Å². The number of halogens is 2. The van der Waals surface area contributed by atoms with Gasteiger partial charge in [0.05, 0.1) is 6.04 Å². The molecule has 252 valence electrons. The number of alkyl carbamates (subject to hydrolysis) is 1. The van der Waals surface area contributed by atoms with E-state index in [2.05, 4.69) is 74.8 Å². The van der Waals surface area contributed by atoms with E-state index in [0.29, 0.717) is 22.2 Å². The maximum atomic E-state index is 13.7. The van der Waals surface area contributed by atoms with Crippen LogP contribution in [0.25, 0.3) is 11.1 Å². The minimum Gasteiger partial charge on any atom is -0.489 e. The van der Waals surface area contributed by atoms with E-state index in [1.807, 2.05) is 54.6 Å². The van der Waals surface area contributed by atoms with Gasteiger partial charge >= 0.3 is 6.09 Å². The third kappa shape index (κ3) is 8.01. The molecule has 2 unspecified atom stereocenters. The van der Waals surface area contributed by atoms with Gasteiger partial charge in [0.1, 0.15) is 18.5 Å². The van der Waals surface area contributed by atoms with Gasteiger partial charge in [0.2, 0.25) is 0 Å². The third-order valence-corrected chi connectivity index (χ3v) is 10.1. The summed E-state index contributed by atoms with van der Waals surface area (Å²) < 4.78 is 12.3. The summed E-state index contributed by atoms with van der Waals surface area (Å²) in [5.74, 6) is 0.703. The van der Waals surface area contributed by atoms with Gasteiger partial charge in [-0.05, 0) is 99.5 Å². The van der Waals surface area contributed by atoms with E-state index in [4.69, 9.17) is 32.7 Å². The summed E-state index contributed by atoms with van der Waals surface area (Å²) >= 11 is 12.7. The first-order valence-corrected chi connectivity index (χ1v) is 17.5. The van der Waals surface area contributed by atoms with Crippen LogP contribution in [0.5, 0.6) is 5.75 Å². The minimum absolute atomic E-state index is 0.0137. The molecule has 0 radical (unpaired) electrons. The molecule has 1 aliphatic carbocycles. The van der Waals surface area contributed by atoms with Crippen molar-refractivity contribution in [1.82, 2.24) is 16.0 Å². The van der Waals surface area contributed by atoms with Crippen molar-refractivity contribution in [2.75, 3.05) is 0 Å². The highest BCUT2D eigenvalue weighted by Crippen LogP contribution is 2.43. The fourth-order valence-corrected chi connectivity index (χ4v) is 8.13. The van der Waals surface area contributed by atoms with Crippen LogP contribution in [0, 0.1) is 0 Å². The van der Waals surface area contributed by atoms with E-state index in [1.54, 1.807) is 12.1 Å². The molecule has 4 aromatic rings. The molecule has 4 aromatic carbocycles. The topological polar surface area (TPSA) is 71.6 Å². The predicted molar refractivity (Wildman–Crippen MR) is 195 cm³/mol. The van der Waals surface area contributed by atoms with Crippen LogP contribution in [0.15, 0.2) is 91.0 Å². The van der Waals surface area contributed by atoms with E-state index >= 15 is 0 Å². The number of fused-ring (bicyclic) bond motifs is 3. The van der Waals surface area contributed by atoms with Crippen molar-refractivity contribution in [1.29, 1.82) is 0 Å². The Bertz CT molecular complexity index is 1680. The highest BCUT2D eigenvalue weighted by Gasteiger charge is 2.39. The first-order chi connectivity index (χ1) is 22.9. The second-order valence-corrected chi connectivity index (χ2v) is 15.3. The molecular weight excluding hydrogens is 641 g/mol. The Morgan fingerprint density at radius 1 is 0.833 bits per heavy atom. The van der Waals surface area contributed by atoms with E-state index in [-0.39, 0.29) is 35.8 Å². The predicted octanol–water partition coefficient (Wildman–Crippen LogP) is 9.27. The Hall–Kier alpha value is -3.55. The van der Waals surface area contributed by atoms with E-state index < -0.39 is 12.2 Å². The number of hydrogen-bond donors (Lipinski definition) is 3. The molecule has 3 N–H and O–H groups in total. The molecule has 2 aliphatic rings. The molecule has 1 saturated heterocycles. The number of hydrogen-bond acceptors (Lipinski definition) is 5. The smallest absolute Gasteiger partial charge is 0.408 e. The standard InChI is InChI=1S/C40H45Cl2N3O3/c1-25(43-27-22-39(2,3)45-40(4,5)23-27)36(21-26-17-19-28(20-18-26)47-24-33-34(41)15-10-16-35(33)42)48-38(46)44-37-31-13-8-6-11-29(31)30-12-7-9-14-32(30)37/h6-20,25,27,36-37,43,45H,21-24H2,1-5H3,(H,44,46). The highest BCUT2D eigenvalue weighted by molar-refractivity contribution is 6.35. The zero-order chi connectivity index (χ0) is 34.1. The molecule has 0 saturated carbocycles. The molecule has 2 atom stereocenters. The molecule has 0 aromatic heterocycles. The molecule has 0 bridgehead atoms. The van der Waals surface area contributed by atoms with Crippen molar-refractivity contribution in [2.24, 2.45) is 0 Å². The number of rotatable bonds is 10. The van der Waals surface area contributed by atoms with Crippen molar-refractivity contribution in [3.05, 3.63) is 123 Å². The van der Waals surface area contributed by atoms with Crippen LogP contribution in [-0.2, 0) is 17.8 Å². The number of amides is 1. The van der Waals surface area contributed by atoms with Crippen LogP contribution in [0.1, 0.15) is 75.8 Å². The van der Waals surface area contributed by atoms with Gasteiger partial charge in [-0.25, -0.2) is 4.79 Å².